The summed E-state index contributed by atoms with van der Waals surface area (Å²) in [4.78, 5) is 19.5. The zero-order valence-electron chi connectivity index (χ0n) is 16.2. The van der Waals surface area contributed by atoms with Crippen LogP contribution < -0.4 is 4.74 Å². The summed E-state index contributed by atoms with van der Waals surface area (Å²) < 4.78 is 6.61. The standard InChI is InChI=1S/C23H24N2O2S/c1-16-9-11-20(27-2)17(14-16)10-12-22(26)25-13-5-6-18(15-25)23-24-19-7-3-4-8-21(19)28-23/h3-4,7-12,14,18H,5-6,13,15H2,1-2H3/b12-10+. The lowest BCUT2D eigenvalue weighted by atomic mass is 9.98. The molecular formula is C23H24N2O2S. The van der Waals surface area contributed by atoms with Crippen molar-refractivity contribution in [1.29, 1.82) is 0 Å². The Morgan fingerprint density at radius 2 is 2.14 bits per heavy atom. The number of para-hydroxylation sites is 1. The molecule has 144 valence electrons. The number of rotatable bonds is 4. The molecule has 2 aromatic carbocycles. The maximum atomic E-state index is 12.8. The van der Waals surface area contributed by atoms with Gasteiger partial charge in [0.2, 0.25) is 5.91 Å². The van der Waals surface area contributed by atoms with E-state index in [-0.39, 0.29) is 5.91 Å². The van der Waals surface area contributed by atoms with Gasteiger partial charge in [-0.1, -0.05) is 23.8 Å². The molecule has 1 amide bonds. The third-order valence-electron chi connectivity index (χ3n) is 5.18. The van der Waals surface area contributed by atoms with Gasteiger partial charge in [-0.2, -0.15) is 0 Å². The zero-order valence-corrected chi connectivity index (χ0v) is 17.0. The number of fused-ring (bicyclic) bond motifs is 1. The number of nitrogens with zero attached hydrogens (tertiary/aromatic N) is 2. The fraction of sp³-hybridized carbons (Fsp3) is 0.304. The molecule has 4 nitrogen and oxygen atoms in total. The Kier molecular flexibility index (Phi) is 5.44. The van der Waals surface area contributed by atoms with Crippen LogP contribution in [0, 0.1) is 6.92 Å². The predicted octanol–water partition coefficient (Wildman–Crippen LogP) is 5.03. The van der Waals surface area contributed by atoms with Crippen molar-refractivity contribution >= 4 is 33.5 Å². The second kappa shape index (κ2) is 8.15. The molecule has 3 aromatic rings. The molecule has 2 heterocycles. The predicted molar refractivity (Wildman–Crippen MR) is 115 cm³/mol. The molecule has 0 N–H and O–H groups in total. The highest BCUT2D eigenvalue weighted by Crippen LogP contribution is 2.33. The fourth-order valence-corrected chi connectivity index (χ4v) is 4.79. The highest BCUT2D eigenvalue weighted by molar-refractivity contribution is 7.18. The number of aryl methyl sites for hydroxylation is 1. The lowest BCUT2D eigenvalue weighted by Gasteiger charge is -2.31. The summed E-state index contributed by atoms with van der Waals surface area (Å²) in [5.74, 6) is 1.15. The van der Waals surface area contributed by atoms with E-state index in [0.717, 1.165) is 53.3 Å². The molecule has 5 heteroatoms. The van der Waals surface area contributed by atoms with Gasteiger partial charge < -0.3 is 9.64 Å². The second-order valence-corrected chi connectivity index (χ2v) is 8.28. The third-order valence-corrected chi connectivity index (χ3v) is 6.38. The maximum absolute atomic E-state index is 12.8. The summed E-state index contributed by atoms with van der Waals surface area (Å²) in [5, 5.41) is 1.14. The first-order valence-corrected chi connectivity index (χ1v) is 10.4. The average molecular weight is 393 g/mol. The van der Waals surface area contributed by atoms with Crippen LogP contribution in [0.4, 0.5) is 0 Å². The molecule has 0 radical (unpaired) electrons. The first-order chi connectivity index (χ1) is 13.6. The monoisotopic (exact) mass is 392 g/mol. The molecule has 0 spiro atoms. The van der Waals surface area contributed by atoms with Crippen LogP contribution in [0.5, 0.6) is 5.75 Å². The smallest absolute Gasteiger partial charge is 0.246 e. The van der Waals surface area contributed by atoms with Crippen LogP contribution in [-0.2, 0) is 4.79 Å². The van der Waals surface area contributed by atoms with E-state index in [1.807, 2.05) is 48.2 Å². The number of benzene rings is 2. The third kappa shape index (κ3) is 3.94. The number of piperidine rings is 1. The van der Waals surface area contributed by atoms with Crippen LogP contribution in [0.25, 0.3) is 16.3 Å². The Morgan fingerprint density at radius 1 is 1.29 bits per heavy atom. The van der Waals surface area contributed by atoms with E-state index < -0.39 is 0 Å². The Hall–Kier alpha value is -2.66. The van der Waals surface area contributed by atoms with Crippen molar-refractivity contribution in [3.05, 3.63) is 64.7 Å². The van der Waals surface area contributed by atoms with Gasteiger partial charge in [0.15, 0.2) is 0 Å². The highest BCUT2D eigenvalue weighted by Gasteiger charge is 2.26. The molecule has 4 rings (SSSR count). The van der Waals surface area contributed by atoms with E-state index in [1.54, 1.807) is 24.5 Å². The van der Waals surface area contributed by atoms with Crippen molar-refractivity contribution in [2.45, 2.75) is 25.7 Å². The van der Waals surface area contributed by atoms with Gasteiger partial charge in [0, 0.05) is 30.6 Å². The van der Waals surface area contributed by atoms with Gasteiger partial charge in [0.1, 0.15) is 5.75 Å². The summed E-state index contributed by atoms with van der Waals surface area (Å²) in [6, 6.07) is 14.2. The van der Waals surface area contributed by atoms with Gasteiger partial charge in [-0.3, -0.25) is 4.79 Å². The molecule has 28 heavy (non-hydrogen) atoms. The quantitative estimate of drug-likeness (QED) is 0.585. The van der Waals surface area contributed by atoms with Crippen molar-refractivity contribution in [1.82, 2.24) is 9.88 Å². The van der Waals surface area contributed by atoms with Crippen molar-refractivity contribution < 1.29 is 9.53 Å². The summed E-state index contributed by atoms with van der Waals surface area (Å²) in [5.41, 5.74) is 3.12. The molecule has 0 bridgehead atoms. The molecule has 1 saturated heterocycles. The molecular weight excluding hydrogens is 368 g/mol. The molecule has 1 aromatic heterocycles. The number of hydrogen-bond acceptors (Lipinski definition) is 4. The molecule has 1 unspecified atom stereocenters. The number of carbonyl (C=O) groups excluding carboxylic acids is 1. The van der Waals surface area contributed by atoms with Crippen LogP contribution in [0.2, 0.25) is 0 Å². The first kappa shape index (κ1) is 18.7. The van der Waals surface area contributed by atoms with Gasteiger partial charge >= 0.3 is 0 Å². The van der Waals surface area contributed by atoms with E-state index in [9.17, 15) is 4.79 Å². The van der Waals surface area contributed by atoms with Crippen LogP contribution in [-0.4, -0.2) is 36.0 Å². The minimum atomic E-state index is 0.0503. The van der Waals surface area contributed by atoms with Gasteiger partial charge in [-0.25, -0.2) is 4.98 Å². The number of aromatic nitrogens is 1. The van der Waals surface area contributed by atoms with E-state index in [1.165, 1.54) is 4.70 Å². The van der Waals surface area contributed by atoms with Crippen LogP contribution in [0.1, 0.15) is 34.9 Å². The number of methoxy groups -OCH3 is 1. The molecule has 1 aliphatic rings. The van der Waals surface area contributed by atoms with Crippen molar-refractivity contribution in [3.63, 3.8) is 0 Å². The second-order valence-electron chi connectivity index (χ2n) is 7.22. The topological polar surface area (TPSA) is 42.4 Å². The Bertz CT molecular complexity index is 991. The number of hydrogen-bond donors (Lipinski definition) is 0. The van der Waals surface area contributed by atoms with Crippen molar-refractivity contribution in [2.75, 3.05) is 20.2 Å². The largest absolute Gasteiger partial charge is 0.496 e. The number of carbonyl (C=O) groups is 1. The number of amides is 1. The summed E-state index contributed by atoms with van der Waals surface area (Å²) in [7, 11) is 1.65. The Balaban J connectivity index is 1.48. The molecule has 1 fully saturated rings. The molecule has 0 aliphatic carbocycles. The lowest BCUT2D eigenvalue weighted by Crippen LogP contribution is -2.38. The van der Waals surface area contributed by atoms with E-state index in [4.69, 9.17) is 9.72 Å². The normalized spacial score (nSPS) is 17.4. The molecule has 1 atom stereocenters. The maximum Gasteiger partial charge on any atom is 0.246 e. The zero-order chi connectivity index (χ0) is 19.5. The van der Waals surface area contributed by atoms with Gasteiger partial charge in [0.25, 0.3) is 0 Å². The fourth-order valence-electron chi connectivity index (χ4n) is 3.69. The highest BCUT2D eigenvalue weighted by atomic mass is 32.1. The first-order valence-electron chi connectivity index (χ1n) is 9.61. The summed E-state index contributed by atoms with van der Waals surface area (Å²) in [6.07, 6.45) is 5.61. The van der Waals surface area contributed by atoms with E-state index >= 15 is 0 Å². The van der Waals surface area contributed by atoms with Crippen molar-refractivity contribution in [2.24, 2.45) is 0 Å². The average Bonchev–Trinajstić information content (AvgIpc) is 3.16. The van der Waals surface area contributed by atoms with Gasteiger partial charge in [-0.05, 0) is 50.1 Å². The number of ether oxygens (including phenoxy) is 1. The van der Waals surface area contributed by atoms with E-state index in [0.29, 0.717) is 5.92 Å². The molecule has 1 aliphatic heterocycles. The SMILES string of the molecule is COc1ccc(C)cc1/C=C/C(=O)N1CCCC(c2nc3ccccc3s2)C1. The van der Waals surface area contributed by atoms with Crippen molar-refractivity contribution in [3.8, 4) is 5.75 Å². The van der Waals surface area contributed by atoms with Crippen LogP contribution in [0.3, 0.4) is 0 Å². The summed E-state index contributed by atoms with van der Waals surface area (Å²) in [6.45, 7) is 3.56. The van der Waals surface area contributed by atoms with E-state index in [2.05, 4.69) is 12.1 Å². The summed E-state index contributed by atoms with van der Waals surface area (Å²) >= 11 is 1.75. The molecule has 0 saturated carbocycles. The Morgan fingerprint density at radius 3 is 2.96 bits per heavy atom. The lowest BCUT2D eigenvalue weighted by molar-refractivity contribution is -0.127. The van der Waals surface area contributed by atoms with Crippen LogP contribution in [0.15, 0.2) is 48.5 Å². The number of thiazole rings is 1. The minimum Gasteiger partial charge on any atom is -0.496 e. The Labute approximate surface area is 169 Å². The van der Waals surface area contributed by atoms with Gasteiger partial charge in [0.05, 0.1) is 22.3 Å². The number of likely N-dealkylation sites (tertiary alicyclic amines) is 1. The van der Waals surface area contributed by atoms with Crippen LogP contribution >= 0.6 is 11.3 Å². The minimum absolute atomic E-state index is 0.0503. The van der Waals surface area contributed by atoms with Gasteiger partial charge in [-0.15, -0.1) is 11.3 Å².